The number of rotatable bonds is 5. The maximum Gasteiger partial charge on any atom is 0.257 e. The van der Waals surface area contributed by atoms with Crippen LogP contribution in [0.4, 0.5) is 5.13 Å². The molecule has 0 radical (unpaired) electrons. The molecule has 0 saturated heterocycles. The zero-order valence-electron chi connectivity index (χ0n) is 15.2. The molecule has 0 unspecified atom stereocenters. The van der Waals surface area contributed by atoms with Crippen molar-refractivity contribution in [2.75, 3.05) is 19.5 Å². The number of hydrogen-bond acceptors (Lipinski definition) is 5. The fourth-order valence-corrected chi connectivity index (χ4v) is 4.06. The molecule has 1 aliphatic rings. The van der Waals surface area contributed by atoms with Gasteiger partial charge in [-0.2, -0.15) is 0 Å². The SMILES string of the molecule is COc1ccc(OC)c(-c2csc(NC(=O)c3ccc4c(c3)CCC4)n2)c1. The molecule has 1 aromatic heterocycles. The van der Waals surface area contributed by atoms with Gasteiger partial charge < -0.3 is 9.47 Å². The van der Waals surface area contributed by atoms with Crippen LogP contribution < -0.4 is 14.8 Å². The van der Waals surface area contributed by atoms with E-state index < -0.39 is 0 Å². The van der Waals surface area contributed by atoms with Gasteiger partial charge >= 0.3 is 0 Å². The van der Waals surface area contributed by atoms with Crippen molar-refractivity contribution in [1.82, 2.24) is 4.98 Å². The summed E-state index contributed by atoms with van der Waals surface area (Å²) in [5.74, 6) is 1.29. The molecule has 1 N–H and O–H groups in total. The van der Waals surface area contributed by atoms with Crippen molar-refractivity contribution in [3.05, 3.63) is 58.5 Å². The van der Waals surface area contributed by atoms with E-state index in [1.54, 1.807) is 14.2 Å². The molecule has 6 heteroatoms. The standard InChI is InChI=1S/C21H20N2O3S/c1-25-16-8-9-19(26-2)17(11-16)18-12-27-21(22-18)23-20(24)15-7-6-13-4-3-5-14(13)10-15/h6-12H,3-5H2,1-2H3,(H,22,23,24). The van der Waals surface area contributed by atoms with Crippen LogP contribution in [0.25, 0.3) is 11.3 Å². The predicted molar refractivity (Wildman–Crippen MR) is 107 cm³/mol. The highest BCUT2D eigenvalue weighted by Gasteiger charge is 2.16. The van der Waals surface area contributed by atoms with Gasteiger partial charge in [-0.3, -0.25) is 10.1 Å². The second-order valence-corrected chi connectivity index (χ2v) is 7.25. The summed E-state index contributed by atoms with van der Waals surface area (Å²) >= 11 is 1.39. The monoisotopic (exact) mass is 380 g/mol. The number of benzene rings is 2. The topological polar surface area (TPSA) is 60.5 Å². The lowest BCUT2D eigenvalue weighted by molar-refractivity contribution is 0.102. The fourth-order valence-electron chi connectivity index (χ4n) is 3.35. The van der Waals surface area contributed by atoms with Gasteiger partial charge in [-0.15, -0.1) is 11.3 Å². The molecule has 1 amide bonds. The van der Waals surface area contributed by atoms with E-state index in [1.807, 2.05) is 35.7 Å². The summed E-state index contributed by atoms with van der Waals surface area (Å²) in [7, 11) is 3.24. The first-order chi connectivity index (χ1) is 13.2. The van der Waals surface area contributed by atoms with Crippen molar-refractivity contribution in [3.63, 3.8) is 0 Å². The first-order valence-corrected chi connectivity index (χ1v) is 9.67. The van der Waals surface area contributed by atoms with Crippen molar-refractivity contribution >= 4 is 22.4 Å². The van der Waals surface area contributed by atoms with Gasteiger partial charge in [-0.25, -0.2) is 4.98 Å². The highest BCUT2D eigenvalue weighted by Crippen LogP contribution is 2.35. The zero-order chi connectivity index (χ0) is 18.8. The lowest BCUT2D eigenvalue weighted by atomic mass is 10.1. The van der Waals surface area contributed by atoms with Gasteiger partial charge in [0.1, 0.15) is 11.5 Å². The molecule has 3 aromatic rings. The number of aryl methyl sites for hydroxylation is 2. The van der Waals surface area contributed by atoms with Gasteiger partial charge in [-0.1, -0.05) is 6.07 Å². The van der Waals surface area contributed by atoms with Crippen molar-refractivity contribution in [1.29, 1.82) is 0 Å². The van der Waals surface area contributed by atoms with E-state index in [-0.39, 0.29) is 5.91 Å². The van der Waals surface area contributed by atoms with Crippen LogP contribution in [-0.4, -0.2) is 25.1 Å². The molecule has 27 heavy (non-hydrogen) atoms. The second kappa shape index (κ2) is 7.40. The molecule has 2 aromatic carbocycles. The molecule has 0 spiro atoms. The van der Waals surface area contributed by atoms with Gasteiger partial charge in [0.25, 0.3) is 5.91 Å². The highest BCUT2D eigenvalue weighted by atomic mass is 32.1. The quantitative estimate of drug-likeness (QED) is 0.704. The van der Waals surface area contributed by atoms with Crippen LogP contribution in [0.15, 0.2) is 41.8 Å². The van der Waals surface area contributed by atoms with Crippen molar-refractivity contribution < 1.29 is 14.3 Å². The fraction of sp³-hybridized carbons (Fsp3) is 0.238. The number of thiazole rings is 1. The Bertz CT molecular complexity index is 997. The maximum atomic E-state index is 12.6. The third-order valence-electron chi connectivity index (χ3n) is 4.77. The summed E-state index contributed by atoms with van der Waals surface area (Å²) in [6, 6.07) is 11.5. The van der Waals surface area contributed by atoms with Gasteiger partial charge in [0.15, 0.2) is 5.13 Å². The number of aromatic nitrogens is 1. The minimum absolute atomic E-state index is 0.136. The first-order valence-electron chi connectivity index (χ1n) is 8.79. The van der Waals surface area contributed by atoms with E-state index in [9.17, 15) is 4.79 Å². The van der Waals surface area contributed by atoms with Gasteiger partial charge in [0.2, 0.25) is 0 Å². The van der Waals surface area contributed by atoms with Crippen LogP contribution >= 0.6 is 11.3 Å². The van der Waals surface area contributed by atoms with E-state index >= 15 is 0 Å². The summed E-state index contributed by atoms with van der Waals surface area (Å²) < 4.78 is 10.7. The molecule has 0 atom stereocenters. The Balaban J connectivity index is 1.55. The minimum Gasteiger partial charge on any atom is -0.497 e. The lowest BCUT2D eigenvalue weighted by Gasteiger charge is -2.08. The van der Waals surface area contributed by atoms with Crippen molar-refractivity contribution in [3.8, 4) is 22.8 Å². The summed E-state index contributed by atoms with van der Waals surface area (Å²) in [6.07, 6.45) is 3.32. The Kier molecular flexibility index (Phi) is 4.81. The Morgan fingerprint density at radius 2 is 1.93 bits per heavy atom. The van der Waals surface area contributed by atoms with Crippen LogP contribution in [0.5, 0.6) is 11.5 Å². The molecule has 0 saturated carbocycles. The summed E-state index contributed by atoms with van der Waals surface area (Å²) in [4.78, 5) is 17.1. The average Bonchev–Trinajstić information content (AvgIpc) is 3.36. The maximum absolute atomic E-state index is 12.6. The number of methoxy groups -OCH3 is 2. The smallest absolute Gasteiger partial charge is 0.257 e. The Morgan fingerprint density at radius 1 is 1.07 bits per heavy atom. The number of carbonyl (C=O) groups excluding carboxylic acids is 1. The average molecular weight is 380 g/mol. The van der Waals surface area contributed by atoms with Gasteiger partial charge in [0.05, 0.1) is 19.9 Å². The molecule has 4 rings (SSSR count). The molecule has 1 heterocycles. The number of anilines is 1. The summed E-state index contributed by atoms with van der Waals surface area (Å²) in [6.45, 7) is 0. The number of ether oxygens (including phenoxy) is 2. The molecule has 0 fully saturated rings. The first kappa shape index (κ1) is 17.5. The summed E-state index contributed by atoms with van der Waals surface area (Å²) in [5.41, 5.74) is 4.87. The molecule has 138 valence electrons. The predicted octanol–water partition coefficient (Wildman–Crippen LogP) is 4.57. The minimum atomic E-state index is -0.136. The third-order valence-corrected chi connectivity index (χ3v) is 5.53. The Hall–Kier alpha value is -2.86. The Labute approximate surface area is 162 Å². The number of hydrogen-bond donors (Lipinski definition) is 1. The van der Waals surface area contributed by atoms with Crippen LogP contribution in [0.2, 0.25) is 0 Å². The lowest BCUT2D eigenvalue weighted by Crippen LogP contribution is -2.12. The van der Waals surface area contributed by atoms with Crippen molar-refractivity contribution in [2.45, 2.75) is 19.3 Å². The van der Waals surface area contributed by atoms with Crippen LogP contribution in [-0.2, 0) is 12.8 Å². The van der Waals surface area contributed by atoms with E-state index in [0.717, 1.165) is 29.8 Å². The van der Waals surface area contributed by atoms with Crippen LogP contribution in [0.1, 0.15) is 27.9 Å². The number of amides is 1. The van der Waals surface area contributed by atoms with E-state index in [1.165, 1.54) is 28.9 Å². The normalized spacial score (nSPS) is 12.5. The van der Waals surface area contributed by atoms with Gasteiger partial charge in [0, 0.05) is 16.5 Å². The number of nitrogens with zero attached hydrogens (tertiary/aromatic N) is 1. The molecular formula is C21H20N2O3S. The molecule has 5 nitrogen and oxygen atoms in total. The Morgan fingerprint density at radius 3 is 2.74 bits per heavy atom. The van der Waals surface area contributed by atoms with Crippen LogP contribution in [0.3, 0.4) is 0 Å². The number of carbonyl (C=O) groups is 1. The molecular weight excluding hydrogens is 360 g/mol. The third kappa shape index (κ3) is 3.53. The van der Waals surface area contributed by atoms with E-state index in [4.69, 9.17) is 9.47 Å². The molecule has 0 aliphatic heterocycles. The van der Waals surface area contributed by atoms with Gasteiger partial charge in [-0.05, 0) is 60.7 Å². The second-order valence-electron chi connectivity index (χ2n) is 6.40. The van der Waals surface area contributed by atoms with E-state index in [2.05, 4.69) is 16.4 Å². The summed E-state index contributed by atoms with van der Waals surface area (Å²) in [5, 5.41) is 5.36. The molecule has 1 aliphatic carbocycles. The highest BCUT2D eigenvalue weighted by molar-refractivity contribution is 7.14. The van der Waals surface area contributed by atoms with E-state index in [0.29, 0.717) is 16.4 Å². The van der Waals surface area contributed by atoms with Crippen LogP contribution in [0, 0.1) is 0 Å². The number of fused-ring (bicyclic) bond motifs is 1. The molecule has 0 bridgehead atoms. The largest absolute Gasteiger partial charge is 0.497 e. The zero-order valence-corrected chi connectivity index (χ0v) is 16.1. The van der Waals surface area contributed by atoms with Crippen molar-refractivity contribution in [2.24, 2.45) is 0 Å². The number of nitrogens with one attached hydrogen (secondary N) is 1.